The fraction of sp³-hybridized carbons (Fsp3) is 0.462. The molecule has 1 saturated heterocycles. The van der Waals surface area contributed by atoms with Gasteiger partial charge in [-0.25, -0.2) is 0 Å². The van der Waals surface area contributed by atoms with Crippen LogP contribution in [0, 0.1) is 0 Å². The lowest BCUT2D eigenvalue weighted by Gasteiger charge is -2.43. The van der Waals surface area contributed by atoms with Gasteiger partial charge in [0.15, 0.2) is 0 Å². The molecule has 1 aromatic carbocycles. The number of rotatable bonds is 1. The second kappa shape index (κ2) is 5.19. The summed E-state index contributed by atoms with van der Waals surface area (Å²) in [6.07, 6.45) is 0. The Morgan fingerprint density at radius 3 is 2.89 bits per heavy atom. The quantitative estimate of drug-likeness (QED) is 0.858. The predicted octanol–water partition coefficient (Wildman–Crippen LogP) is 2.93. The highest BCUT2D eigenvalue weighted by Crippen LogP contribution is 2.26. The number of carbonyl (C=O) groups is 1. The van der Waals surface area contributed by atoms with Crippen molar-refractivity contribution in [3.8, 4) is 0 Å². The van der Waals surface area contributed by atoms with Gasteiger partial charge in [0, 0.05) is 29.1 Å². The van der Waals surface area contributed by atoms with Gasteiger partial charge in [0.25, 0.3) is 5.91 Å². The molecule has 18 heavy (non-hydrogen) atoms. The Labute approximate surface area is 121 Å². The van der Waals surface area contributed by atoms with Crippen LogP contribution in [0.25, 0.3) is 0 Å². The summed E-state index contributed by atoms with van der Waals surface area (Å²) in [6.45, 7) is 6.47. The Kier molecular flexibility index (Phi) is 3.99. The van der Waals surface area contributed by atoms with E-state index in [0.29, 0.717) is 17.1 Å². The minimum absolute atomic E-state index is 0.0240. The van der Waals surface area contributed by atoms with Gasteiger partial charge in [-0.15, -0.1) is 0 Å². The molecule has 0 saturated carbocycles. The zero-order valence-electron chi connectivity index (χ0n) is 10.5. The molecule has 1 N–H and O–H groups in total. The van der Waals surface area contributed by atoms with E-state index in [1.807, 2.05) is 11.0 Å². The lowest BCUT2D eigenvalue weighted by atomic mass is 9.99. The molecule has 5 heteroatoms. The molecule has 0 atom stereocenters. The van der Waals surface area contributed by atoms with Crippen LogP contribution in [0.15, 0.2) is 22.7 Å². The fourth-order valence-corrected chi connectivity index (χ4v) is 2.75. The molecule has 1 fully saturated rings. The third-order valence-electron chi connectivity index (χ3n) is 3.20. The number of benzene rings is 1. The van der Waals surface area contributed by atoms with Crippen LogP contribution in [0.4, 0.5) is 0 Å². The average Bonchev–Trinajstić information content (AvgIpc) is 2.31. The monoisotopic (exact) mass is 330 g/mol. The molecule has 2 rings (SSSR count). The standard InChI is InChI=1S/C13H16BrClN2O/c1-13(2)8-16-5-6-17(13)12(18)10-7-9(15)3-4-11(10)14/h3-4,7,16H,5-6,8H2,1-2H3. The summed E-state index contributed by atoms with van der Waals surface area (Å²) in [5.41, 5.74) is 0.439. The third-order valence-corrected chi connectivity index (χ3v) is 4.13. The van der Waals surface area contributed by atoms with Crippen molar-refractivity contribution in [1.29, 1.82) is 0 Å². The summed E-state index contributed by atoms with van der Waals surface area (Å²) in [5.74, 6) is 0.0240. The van der Waals surface area contributed by atoms with E-state index in [2.05, 4.69) is 35.1 Å². The molecule has 0 unspecified atom stereocenters. The number of carbonyl (C=O) groups excluding carboxylic acids is 1. The molecule has 0 bridgehead atoms. The molecular formula is C13H16BrClN2O. The van der Waals surface area contributed by atoms with Crippen LogP contribution in [0.3, 0.4) is 0 Å². The Morgan fingerprint density at radius 1 is 1.50 bits per heavy atom. The van der Waals surface area contributed by atoms with E-state index in [0.717, 1.165) is 17.6 Å². The fourth-order valence-electron chi connectivity index (χ4n) is 2.17. The molecule has 0 aromatic heterocycles. The van der Waals surface area contributed by atoms with Crippen molar-refractivity contribution in [3.63, 3.8) is 0 Å². The zero-order chi connectivity index (χ0) is 13.3. The van der Waals surface area contributed by atoms with Crippen LogP contribution in [0.1, 0.15) is 24.2 Å². The summed E-state index contributed by atoms with van der Waals surface area (Å²) in [7, 11) is 0. The van der Waals surface area contributed by atoms with Gasteiger partial charge in [-0.05, 0) is 48.0 Å². The van der Waals surface area contributed by atoms with Crippen LogP contribution < -0.4 is 5.32 Å². The van der Waals surface area contributed by atoms with E-state index >= 15 is 0 Å². The molecule has 1 heterocycles. The molecule has 0 spiro atoms. The minimum Gasteiger partial charge on any atom is -0.331 e. The number of amides is 1. The maximum atomic E-state index is 12.6. The first-order valence-electron chi connectivity index (χ1n) is 5.89. The Bertz CT molecular complexity index is 476. The topological polar surface area (TPSA) is 32.3 Å². The summed E-state index contributed by atoms with van der Waals surface area (Å²) in [5, 5.41) is 3.88. The van der Waals surface area contributed by atoms with Gasteiger partial charge in [-0.3, -0.25) is 4.79 Å². The van der Waals surface area contributed by atoms with Gasteiger partial charge in [-0.2, -0.15) is 0 Å². The first-order valence-corrected chi connectivity index (χ1v) is 7.07. The second-order valence-electron chi connectivity index (χ2n) is 5.07. The maximum absolute atomic E-state index is 12.6. The highest BCUT2D eigenvalue weighted by Gasteiger charge is 2.34. The van der Waals surface area contributed by atoms with E-state index in [4.69, 9.17) is 11.6 Å². The third kappa shape index (κ3) is 2.71. The van der Waals surface area contributed by atoms with Crippen molar-refractivity contribution in [2.45, 2.75) is 19.4 Å². The normalized spacial score (nSPS) is 18.8. The number of hydrogen-bond acceptors (Lipinski definition) is 2. The lowest BCUT2D eigenvalue weighted by molar-refractivity contribution is 0.0476. The highest BCUT2D eigenvalue weighted by atomic mass is 79.9. The van der Waals surface area contributed by atoms with Crippen LogP contribution in [0.2, 0.25) is 5.02 Å². The smallest absolute Gasteiger partial charge is 0.255 e. The Hall–Kier alpha value is -0.580. The minimum atomic E-state index is -0.183. The van der Waals surface area contributed by atoms with E-state index in [-0.39, 0.29) is 11.4 Å². The van der Waals surface area contributed by atoms with Crippen molar-refractivity contribution < 1.29 is 4.79 Å². The van der Waals surface area contributed by atoms with Gasteiger partial charge in [-0.1, -0.05) is 11.6 Å². The van der Waals surface area contributed by atoms with Crippen LogP contribution >= 0.6 is 27.5 Å². The second-order valence-corrected chi connectivity index (χ2v) is 6.36. The number of nitrogens with zero attached hydrogens (tertiary/aromatic N) is 1. The molecule has 0 aliphatic carbocycles. The molecule has 3 nitrogen and oxygen atoms in total. The highest BCUT2D eigenvalue weighted by molar-refractivity contribution is 9.10. The summed E-state index contributed by atoms with van der Waals surface area (Å²) in [6, 6.07) is 5.29. The molecule has 1 aliphatic heterocycles. The number of piperazine rings is 1. The summed E-state index contributed by atoms with van der Waals surface area (Å²) >= 11 is 9.38. The SMILES string of the molecule is CC1(C)CNCCN1C(=O)c1cc(Cl)ccc1Br. The van der Waals surface area contributed by atoms with Gasteiger partial charge in [0.05, 0.1) is 11.1 Å². The summed E-state index contributed by atoms with van der Waals surface area (Å²) < 4.78 is 0.784. The zero-order valence-corrected chi connectivity index (χ0v) is 12.8. The number of nitrogens with one attached hydrogen (secondary N) is 1. The van der Waals surface area contributed by atoms with E-state index < -0.39 is 0 Å². The molecule has 1 aromatic rings. The molecular weight excluding hydrogens is 316 g/mol. The Balaban J connectivity index is 2.33. The number of hydrogen-bond donors (Lipinski definition) is 1. The van der Waals surface area contributed by atoms with Gasteiger partial charge in [0.2, 0.25) is 0 Å². The summed E-state index contributed by atoms with van der Waals surface area (Å²) in [4.78, 5) is 14.5. The van der Waals surface area contributed by atoms with Gasteiger partial charge in [0.1, 0.15) is 0 Å². The lowest BCUT2D eigenvalue weighted by Crippen LogP contribution is -2.59. The maximum Gasteiger partial charge on any atom is 0.255 e. The van der Waals surface area contributed by atoms with Crippen molar-refractivity contribution in [2.75, 3.05) is 19.6 Å². The average molecular weight is 332 g/mol. The first kappa shape index (κ1) is 13.8. The van der Waals surface area contributed by atoms with Crippen molar-refractivity contribution in [1.82, 2.24) is 10.2 Å². The van der Waals surface area contributed by atoms with Gasteiger partial charge >= 0.3 is 0 Å². The molecule has 1 amide bonds. The molecule has 0 radical (unpaired) electrons. The predicted molar refractivity (Wildman–Crippen MR) is 77.1 cm³/mol. The molecule has 1 aliphatic rings. The Morgan fingerprint density at radius 2 is 2.22 bits per heavy atom. The van der Waals surface area contributed by atoms with E-state index in [1.165, 1.54) is 0 Å². The largest absolute Gasteiger partial charge is 0.331 e. The van der Waals surface area contributed by atoms with Crippen LogP contribution in [-0.4, -0.2) is 36.0 Å². The number of halogens is 2. The molecule has 98 valence electrons. The van der Waals surface area contributed by atoms with Crippen LogP contribution in [0.5, 0.6) is 0 Å². The van der Waals surface area contributed by atoms with E-state index in [1.54, 1.807) is 12.1 Å². The van der Waals surface area contributed by atoms with Gasteiger partial charge < -0.3 is 10.2 Å². The van der Waals surface area contributed by atoms with Crippen LogP contribution in [-0.2, 0) is 0 Å². The van der Waals surface area contributed by atoms with Crippen molar-refractivity contribution in [2.24, 2.45) is 0 Å². The van der Waals surface area contributed by atoms with Crippen molar-refractivity contribution in [3.05, 3.63) is 33.3 Å². The van der Waals surface area contributed by atoms with E-state index in [9.17, 15) is 4.79 Å². The van der Waals surface area contributed by atoms with Crippen molar-refractivity contribution >= 4 is 33.4 Å². The first-order chi connectivity index (χ1) is 8.42.